The van der Waals surface area contributed by atoms with Gasteiger partial charge in [-0.1, -0.05) is 38.5 Å². The van der Waals surface area contributed by atoms with Gasteiger partial charge in [0, 0.05) is 168 Å². The number of hydroxylamine groups is 6. The van der Waals surface area contributed by atoms with Crippen LogP contribution in [0.15, 0.2) is 18.2 Å². The maximum atomic E-state index is 13.5. The minimum absolute atomic E-state index is 0.180. The van der Waals surface area contributed by atoms with Crippen LogP contribution in [0.4, 0.5) is 31.4 Å². The molecule has 807 valence electrons. The molecule has 3 aliphatic rings. The van der Waals surface area contributed by atoms with Gasteiger partial charge in [0.25, 0.3) is 0 Å². The molecule has 138 heavy (non-hydrogen) atoms. The second kappa shape index (κ2) is 77.3. The summed E-state index contributed by atoms with van der Waals surface area (Å²) in [6, 6.07) is 4.20. The van der Waals surface area contributed by atoms with Crippen molar-refractivity contribution < 1.29 is 129 Å². The van der Waals surface area contributed by atoms with Crippen LogP contribution in [0.25, 0.3) is 0 Å². The molecule has 6 amide bonds. The molecule has 4 rings (SSSR count). The Balaban J connectivity index is 1.23. The molecule has 1 aromatic carbocycles. The SMILES string of the molecule is COCCOCCOCCOCCOCCOCCN(CCOCCCCCCNC(=O)Nc1cc(NC(=O)NCCCCCCOCCN(CCOCCOCCOCCOCCOCCOC)C2CC(C)(C)N([O])C(C)(C)C2)cc(NC(=O)NCCCCCCOCCN(CCOCCOCCOCCOCCOCCOC)C2CC(C)(C)N([O])C(C)(C)C2)c1)C1CC(C)(C)N([O])C(C)(C)C1. The Morgan fingerprint density at radius 3 is 0.565 bits per heavy atom. The van der Waals surface area contributed by atoms with Crippen molar-refractivity contribution in [3.63, 3.8) is 0 Å². The van der Waals surface area contributed by atoms with E-state index in [1.807, 2.05) is 83.1 Å². The van der Waals surface area contributed by atoms with Crippen molar-refractivity contribution in [2.24, 2.45) is 0 Å². The minimum atomic E-state index is -0.523. The van der Waals surface area contributed by atoms with E-state index >= 15 is 0 Å². The fraction of sp³-hybridized carbons (Fsp3) is 0.909. The fourth-order valence-corrected chi connectivity index (χ4v) is 17.6. The van der Waals surface area contributed by atoms with Gasteiger partial charge < -0.3 is 131 Å². The normalized spacial score (nSPS) is 16.9. The summed E-state index contributed by atoms with van der Waals surface area (Å²) < 4.78 is 119. The molecule has 3 heterocycles. The third kappa shape index (κ3) is 60.1. The summed E-state index contributed by atoms with van der Waals surface area (Å²) in [5.41, 5.74) is -2.05. The largest absolute Gasteiger partial charge is 0.382 e. The number of carbonyl (C=O) groups is 3. The number of unbranched alkanes of at least 4 members (excludes halogenated alkanes) is 9. The summed E-state index contributed by atoms with van der Waals surface area (Å²) in [5.74, 6) is 0. The van der Waals surface area contributed by atoms with Crippen molar-refractivity contribution in [3.05, 3.63) is 18.2 Å². The highest BCUT2D eigenvalue weighted by atomic mass is 16.6. The van der Waals surface area contributed by atoms with Gasteiger partial charge >= 0.3 is 18.1 Å². The molecular formula is C99H189N12O27. The molecule has 0 bridgehead atoms. The number of rotatable bonds is 90. The Hall–Kier alpha value is -4.17. The number of piperidine rings is 3. The van der Waals surface area contributed by atoms with Crippen LogP contribution in [0.2, 0.25) is 0 Å². The molecule has 3 saturated heterocycles. The lowest BCUT2D eigenvalue weighted by molar-refractivity contribution is -0.294. The first-order valence-corrected chi connectivity index (χ1v) is 51.3. The van der Waals surface area contributed by atoms with Crippen molar-refractivity contribution in [2.75, 3.05) is 354 Å². The zero-order valence-electron chi connectivity index (χ0n) is 87.8. The van der Waals surface area contributed by atoms with Crippen LogP contribution in [-0.4, -0.2) is 437 Å². The van der Waals surface area contributed by atoms with Crippen LogP contribution >= 0.6 is 0 Å². The average Bonchev–Trinajstić information content (AvgIpc) is 0.781. The van der Waals surface area contributed by atoms with E-state index in [2.05, 4.69) is 46.6 Å². The quantitative estimate of drug-likeness (QED) is 0.0330. The molecule has 39 nitrogen and oxygen atoms in total. The van der Waals surface area contributed by atoms with E-state index in [0.29, 0.717) is 334 Å². The van der Waals surface area contributed by atoms with Crippen molar-refractivity contribution in [1.29, 1.82) is 0 Å². The molecule has 3 fully saturated rings. The fourth-order valence-electron chi connectivity index (χ4n) is 17.6. The Morgan fingerprint density at radius 2 is 0.391 bits per heavy atom. The number of nitrogens with zero attached hydrogens (tertiary/aromatic N) is 6. The van der Waals surface area contributed by atoms with Gasteiger partial charge in [0.2, 0.25) is 0 Å². The van der Waals surface area contributed by atoms with E-state index in [1.165, 1.54) is 15.2 Å². The summed E-state index contributed by atoms with van der Waals surface area (Å²) in [6.07, 6.45) is 14.5. The van der Waals surface area contributed by atoms with Crippen LogP contribution in [-0.2, 0) is 115 Å². The van der Waals surface area contributed by atoms with Gasteiger partial charge in [-0.2, -0.15) is 0 Å². The number of amides is 6. The Bertz CT molecular complexity index is 2750. The first kappa shape index (κ1) is 126. The van der Waals surface area contributed by atoms with Gasteiger partial charge in [-0.05, 0) is 178 Å². The smallest absolute Gasteiger partial charge is 0.319 e. The predicted octanol–water partition coefficient (Wildman–Crippen LogP) is 11.0. The van der Waals surface area contributed by atoms with Gasteiger partial charge in [-0.15, -0.1) is 30.8 Å². The van der Waals surface area contributed by atoms with Crippen LogP contribution in [0.3, 0.4) is 0 Å². The zero-order chi connectivity index (χ0) is 101. The molecule has 3 aliphatic heterocycles. The van der Waals surface area contributed by atoms with Crippen molar-refractivity contribution in [3.8, 4) is 0 Å². The van der Waals surface area contributed by atoms with Gasteiger partial charge in [0.1, 0.15) is 0 Å². The number of nitrogens with one attached hydrogen (secondary N) is 6. The second-order valence-corrected chi connectivity index (χ2v) is 39.2. The van der Waals surface area contributed by atoms with E-state index in [0.717, 1.165) is 116 Å². The first-order valence-electron chi connectivity index (χ1n) is 51.3. The molecular weight excluding hydrogens is 1790 g/mol. The van der Waals surface area contributed by atoms with Crippen LogP contribution in [0, 0.1) is 0 Å². The molecule has 0 saturated carbocycles. The Morgan fingerprint density at radius 1 is 0.239 bits per heavy atom. The number of urea groups is 3. The lowest BCUT2D eigenvalue weighted by Gasteiger charge is -2.52. The second-order valence-electron chi connectivity index (χ2n) is 39.2. The molecule has 0 atom stereocenters. The van der Waals surface area contributed by atoms with E-state index in [9.17, 15) is 30.0 Å². The summed E-state index contributed by atoms with van der Waals surface area (Å²) in [6.45, 7) is 49.5. The number of benzene rings is 1. The Labute approximate surface area is 828 Å². The average molecular weight is 1980 g/mol. The molecule has 0 spiro atoms. The molecule has 6 N–H and O–H groups in total. The molecule has 3 radical (unpaired) electrons. The third-order valence-corrected chi connectivity index (χ3v) is 24.4. The monoisotopic (exact) mass is 1980 g/mol. The maximum absolute atomic E-state index is 13.5. The van der Waals surface area contributed by atoms with Gasteiger partial charge in [0.05, 0.1) is 238 Å². The highest BCUT2D eigenvalue weighted by molar-refractivity contribution is 5.96. The standard InChI is InChI=1S/C99H189N12O27/c1-94(2)79-88(80-95(3,4)109(94)115)106(34-43-124-52-55-130-64-67-136-73-70-133-61-58-127-49-46-118-13)31-40-121-37-25-19-16-22-28-100-91(112)103-85-76-86(104-92(113)101-29-23-17-20-26-38-122-41-32-107(89-81-96(5,6)110(116)97(7,8)82-89)35-44-125-53-56-131-65-68-137-74-71-134-62-59-128-50-47-119-14)78-87(77-85)105-93(114)102-30-24-18-21-27-39-123-42-33-108(90-83-98(9,10)111(117)99(11,12)84-90)36-45-126-54-57-132-66-69-138-75-72-135-63-60-129-51-48-120-15/h76-78,88-90H,16-75,79-84H2,1-15H3,(H2,100,103,112)(H2,101,104,113)(H2,102,105,114). The minimum Gasteiger partial charge on any atom is -0.382 e. The van der Waals surface area contributed by atoms with Crippen molar-refractivity contribution in [1.82, 2.24) is 45.8 Å². The summed E-state index contributed by atoms with van der Waals surface area (Å²) in [5, 5.41) is 61.5. The van der Waals surface area contributed by atoms with Crippen LogP contribution in [0.1, 0.15) is 199 Å². The van der Waals surface area contributed by atoms with Gasteiger partial charge in [-0.3, -0.25) is 14.7 Å². The molecule has 0 unspecified atom stereocenters. The molecule has 39 heteroatoms. The van der Waals surface area contributed by atoms with E-state index < -0.39 is 51.3 Å². The maximum Gasteiger partial charge on any atom is 0.319 e. The Kier molecular flexibility index (Phi) is 70.6. The van der Waals surface area contributed by atoms with E-state index in [1.54, 1.807) is 39.5 Å². The topological polar surface area (TPSA) is 396 Å². The van der Waals surface area contributed by atoms with Crippen LogP contribution < -0.4 is 31.9 Å². The highest BCUT2D eigenvalue weighted by Crippen LogP contribution is 2.42. The van der Waals surface area contributed by atoms with Gasteiger partial charge in [-0.25, -0.2) is 14.4 Å². The van der Waals surface area contributed by atoms with E-state index in [-0.39, 0.29) is 18.1 Å². The zero-order valence-corrected chi connectivity index (χ0v) is 87.8. The lowest BCUT2D eigenvalue weighted by Crippen LogP contribution is -2.62. The predicted molar refractivity (Wildman–Crippen MR) is 529 cm³/mol. The van der Waals surface area contributed by atoms with Crippen LogP contribution in [0.5, 0.6) is 0 Å². The number of carbonyl (C=O) groups excluding carboxylic acids is 3. The number of hydrogen-bond donors (Lipinski definition) is 6. The third-order valence-electron chi connectivity index (χ3n) is 24.4. The lowest BCUT2D eigenvalue weighted by atomic mass is 9.78. The van der Waals surface area contributed by atoms with Crippen molar-refractivity contribution in [2.45, 2.75) is 250 Å². The molecule has 0 aromatic heterocycles. The van der Waals surface area contributed by atoms with E-state index in [4.69, 9.17) is 99.5 Å². The molecule has 1 aromatic rings. The van der Waals surface area contributed by atoms with Crippen molar-refractivity contribution >= 4 is 35.2 Å². The summed E-state index contributed by atoms with van der Waals surface area (Å²) >= 11 is 0. The van der Waals surface area contributed by atoms with Gasteiger partial charge in [0.15, 0.2) is 0 Å². The number of ether oxygens (including phenoxy) is 21. The summed E-state index contributed by atoms with van der Waals surface area (Å²) in [4.78, 5) is 47.8. The first-order chi connectivity index (χ1) is 66.5. The molecule has 0 aliphatic carbocycles. The highest BCUT2D eigenvalue weighted by Gasteiger charge is 2.50. The number of anilines is 3. The number of methoxy groups -OCH3 is 3. The number of hydrogen-bond acceptors (Lipinski definition) is 30. The summed E-state index contributed by atoms with van der Waals surface area (Å²) in [7, 11) is 4.92.